The molecule has 0 aliphatic carbocycles. The number of carbonyl (C=O) groups excluding carboxylic acids is 1. The Labute approximate surface area is 144 Å². The zero-order chi connectivity index (χ0) is 17.6. The molecule has 1 aromatic carbocycles. The Morgan fingerprint density at radius 3 is 2.46 bits per heavy atom. The predicted molar refractivity (Wildman–Crippen MR) is 94.0 cm³/mol. The molecule has 0 aromatic heterocycles. The molecule has 7 heteroatoms. The average Bonchev–Trinajstić information content (AvgIpc) is 2.61. The standard InChI is InChI=1S/C17H27N3O3S/c1-3-20(4-2)24(22,23)16-9-7-14(8-10-16)12-19-17(21)15-6-5-11-18-13-15/h7-10,15,18H,3-6,11-13H2,1-2H3,(H,19,21). The second-order valence-electron chi connectivity index (χ2n) is 5.99. The van der Waals surface area contributed by atoms with Crippen LogP contribution >= 0.6 is 0 Å². The van der Waals surface area contributed by atoms with Crippen LogP contribution in [0.3, 0.4) is 0 Å². The van der Waals surface area contributed by atoms with Gasteiger partial charge < -0.3 is 10.6 Å². The van der Waals surface area contributed by atoms with Crippen LogP contribution in [0.2, 0.25) is 0 Å². The Balaban J connectivity index is 1.95. The summed E-state index contributed by atoms with van der Waals surface area (Å²) in [5, 5.41) is 6.16. The zero-order valence-corrected chi connectivity index (χ0v) is 15.2. The number of hydrogen-bond acceptors (Lipinski definition) is 4. The molecule has 1 heterocycles. The summed E-state index contributed by atoms with van der Waals surface area (Å²) < 4.78 is 26.3. The quantitative estimate of drug-likeness (QED) is 0.775. The molecular weight excluding hydrogens is 326 g/mol. The third kappa shape index (κ3) is 4.55. The minimum Gasteiger partial charge on any atom is -0.352 e. The van der Waals surface area contributed by atoms with Crippen LogP contribution in [0.25, 0.3) is 0 Å². The van der Waals surface area contributed by atoms with Crippen molar-refractivity contribution in [1.82, 2.24) is 14.9 Å². The van der Waals surface area contributed by atoms with E-state index < -0.39 is 10.0 Å². The number of nitrogens with one attached hydrogen (secondary N) is 2. The molecule has 1 fully saturated rings. The highest BCUT2D eigenvalue weighted by molar-refractivity contribution is 7.89. The molecule has 1 unspecified atom stereocenters. The summed E-state index contributed by atoms with van der Waals surface area (Å²) in [6, 6.07) is 6.74. The van der Waals surface area contributed by atoms with Crippen LogP contribution < -0.4 is 10.6 Å². The third-order valence-electron chi connectivity index (χ3n) is 4.40. The number of amides is 1. The summed E-state index contributed by atoms with van der Waals surface area (Å²) in [5.74, 6) is 0.0862. The van der Waals surface area contributed by atoms with Gasteiger partial charge in [0.1, 0.15) is 0 Å². The lowest BCUT2D eigenvalue weighted by atomic mass is 9.99. The first-order valence-corrected chi connectivity index (χ1v) is 10.0. The number of hydrogen-bond donors (Lipinski definition) is 2. The van der Waals surface area contributed by atoms with Gasteiger partial charge in [0.25, 0.3) is 0 Å². The van der Waals surface area contributed by atoms with Crippen LogP contribution in [-0.2, 0) is 21.4 Å². The second-order valence-corrected chi connectivity index (χ2v) is 7.93. The number of sulfonamides is 1. The molecule has 2 rings (SSSR count). The van der Waals surface area contributed by atoms with E-state index in [9.17, 15) is 13.2 Å². The lowest BCUT2D eigenvalue weighted by Gasteiger charge is -2.22. The Hall–Kier alpha value is -1.44. The van der Waals surface area contributed by atoms with Gasteiger partial charge in [-0.2, -0.15) is 4.31 Å². The summed E-state index contributed by atoms with van der Waals surface area (Å²) in [6.45, 7) is 6.67. The SMILES string of the molecule is CCN(CC)S(=O)(=O)c1ccc(CNC(=O)C2CCCNC2)cc1. The van der Waals surface area contributed by atoms with Crippen LogP contribution in [-0.4, -0.2) is 44.8 Å². The van der Waals surface area contributed by atoms with Crippen molar-refractivity contribution in [3.63, 3.8) is 0 Å². The molecule has 134 valence electrons. The van der Waals surface area contributed by atoms with E-state index in [1.165, 1.54) is 4.31 Å². The summed E-state index contributed by atoms with van der Waals surface area (Å²) >= 11 is 0. The molecule has 1 aromatic rings. The fraction of sp³-hybridized carbons (Fsp3) is 0.588. The highest BCUT2D eigenvalue weighted by Gasteiger charge is 2.22. The molecule has 1 aliphatic rings. The van der Waals surface area contributed by atoms with Crippen LogP contribution in [0.15, 0.2) is 29.2 Å². The van der Waals surface area contributed by atoms with Crippen LogP contribution in [0.5, 0.6) is 0 Å². The van der Waals surface area contributed by atoms with Crippen molar-refractivity contribution in [3.05, 3.63) is 29.8 Å². The number of nitrogens with zero attached hydrogens (tertiary/aromatic N) is 1. The third-order valence-corrected chi connectivity index (χ3v) is 6.47. The van der Waals surface area contributed by atoms with Gasteiger partial charge in [-0.15, -0.1) is 0 Å². The second kappa shape index (κ2) is 8.60. The summed E-state index contributed by atoms with van der Waals surface area (Å²) in [7, 11) is -3.43. The van der Waals surface area contributed by atoms with E-state index in [4.69, 9.17) is 0 Å². The lowest BCUT2D eigenvalue weighted by Crippen LogP contribution is -2.40. The largest absolute Gasteiger partial charge is 0.352 e. The smallest absolute Gasteiger partial charge is 0.243 e. The number of benzene rings is 1. The van der Waals surface area contributed by atoms with Gasteiger partial charge in [0.05, 0.1) is 10.8 Å². The normalized spacial score (nSPS) is 18.5. The summed E-state index contributed by atoms with van der Waals surface area (Å²) in [5.41, 5.74) is 0.894. The maximum Gasteiger partial charge on any atom is 0.243 e. The van der Waals surface area contributed by atoms with Gasteiger partial charge in [-0.1, -0.05) is 26.0 Å². The Bertz CT molecular complexity index is 634. The van der Waals surface area contributed by atoms with E-state index in [2.05, 4.69) is 10.6 Å². The molecule has 6 nitrogen and oxygen atoms in total. The van der Waals surface area contributed by atoms with Gasteiger partial charge in [0.2, 0.25) is 15.9 Å². The van der Waals surface area contributed by atoms with Crippen molar-refractivity contribution >= 4 is 15.9 Å². The molecule has 1 atom stereocenters. The first kappa shape index (κ1) is 18.9. The number of rotatable bonds is 7. The Morgan fingerprint density at radius 1 is 1.25 bits per heavy atom. The minimum absolute atomic E-state index is 0.0288. The molecule has 0 bridgehead atoms. The van der Waals surface area contributed by atoms with Crippen molar-refractivity contribution in [2.45, 2.75) is 38.1 Å². The molecule has 24 heavy (non-hydrogen) atoms. The first-order valence-electron chi connectivity index (χ1n) is 8.56. The molecule has 1 saturated heterocycles. The first-order chi connectivity index (χ1) is 11.5. The maximum absolute atomic E-state index is 12.4. The van der Waals surface area contributed by atoms with Crippen LogP contribution in [0.4, 0.5) is 0 Å². The van der Waals surface area contributed by atoms with Gasteiger partial charge in [-0.3, -0.25) is 4.79 Å². The van der Waals surface area contributed by atoms with Gasteiger partial charge in [0, 0.05) is 26.2 Å². The van der Waals surface area contributed by atoms with E-state index in [1.807, 2.05) is 13.8 Å². The molecule has 0 spiro atoms. The van der Waals surface area contributed by atoms with E-state index in [0.29, 0.717) is 19.6 Å². The highest BCUT2D eigenvalue weighted by atomic mass is 32.2. The Kier molecular flexibility index (Phi) is 6.77. The molecule has 0 saturated carbocycles. The van der Waals surface area contributed by atoms with E-state index in [1.54, 1.807) is 24.3 Å². The average molecular weight is 353 g/mol. The minimum atomic E-state index is -3.43. The van der Waals surface area contributed by atoms with Crippen molar-refractivity contribution in [2.24, 2.45) is 5.92 Å². The lowest BCUT2D eigenvalue weighted by molar-refractivity contribution is -0.125. The summed E-state index contributed by atoms with van der Waals surface area (Å²) in [4.78, 5) is 12.4. The molecular formula is C17H27N3O3S. The molecule has 2 N–H and O–H groups in total. The number of piperidine rings is 1. The van der Waals surface area contributed by atoms with Crippen LogP contribution in [0, 0.1) is 5.92 Å². The molecule has 0 radical (unpaired) electrons. The highest BCUT2D eigenvalue weighted by Crippen LogP contribution is 2.16. The van der Waals surface area contributed by atoms with Gasteiger partial charge in [0.15, 0.2) is 0 Å². The fourth-order valence-electron chi connectivity index (χ4n) is 2.90. The fourth-order valence-corrected chi connectivity index (χ4v) is 4.36. The van der Waals surface area contributed by atoms with Gasteiger partial charge >= 0.3 is 0 Å². The molecule has 1 aliphatic heterocycles. The van der Waals surface area contributed by atoms with E-state index >= 15 is 0 Å². The maximum atomic E-state index is 12.4. The zero-order valence-electron chi connectivity index (χ0n) is 14.4. The van der Waals surface area contributed by atoms with Crippen molar-refractivity contribution in [3.8, 4) is 0 Å². The Morgan fingerprint density at radius 2 is 1.92 bits per heavy atom. The van der Waals surface area contributed by atoms with Crippen molar-refractivity contribution in [1.29, 1.82) is 0 Å². The number of carbonyl (C=O) groups is 1. The van der Waals surface area contributed by atoms with Gasteiger partial charge in [-0.25, -0.2) is 8.42 Å². The van der Waals surface area contributed by atoms with Crippen molar-refractivity contribution < 1.29 is 13.2 Å². The monoisotopic (exact) mass is 353 g/mol. The van der Waals surface area contributed by atoms with E-state index in [-0.39, 0.29) is 16.7 Å². The van der Waals surface area contributed by atoms with Crippen molar-refractivity contribution in [2.75, 3.05) is 26.2 Å². The molecule has 1 amide bonds. The van der Waals surface area contributed by atoms with Gasteiger partial charge in [-0.05, 0) is 37.1 Å². The predicted octanol–water partition coefficient (Wildman–Crippen LogP) is 1.33. The topological polar surface area (TPSA) is 78.5 Å². The summed E-state index contributed by atoms with van der Waals surface area (Å²) in [6.07, 6.45) is 1.94. The van der Waals surface area contributed by atoms with E-state index in [0.717, 1.165) is 31.5 Å². The van der Waals surface area contributed by atoms with Crippen LogP contribution in [0.1, 0.15) is 32.3 Å².